The first-order valence-electron chi connectivity index (χ1n) is 12.5. The van der Waals surface area contributed by atoms with Crippen molar-refractivity contribution in [2.45, 2.75) is 39.9 Å². The molecule has 0 atom stereocenters. The van der Waals surface area contributed by atoms with Gasteiger partial charge < -0.3 is 25.0 Å². The third-order valence-corrected chi connectivity index (χ3v) is 6.27. The van der Waals surface area contributed by atoms with E-state index in [1.54, 1.807) is 22.2 Å². The van der Waals surface area contributed by atoms with Crippen molar-refractivity contribution in [3.63, 3.8) is 0 Å². The number of rotatable bonds is 11. The number of nitrogens with two attached hydrogens (primary N) is 1. The van der Waals surface area contributed by atoms with Crippen molar-refractivity contribution in [3.8, 4) is 5.75 Å². The number of fused-ring (bicyclic) bond motifs is 1. The van der Waals surface area contributed by atoms with E-state index in [0.717, 1.165) is 5.56 Å². The van der Waals surface area contributed by atoms with Crippen molar-refractivity contribution < 1.29 is 24.2 Å². The summed E-state index contributed by atoms with van der Waals surface area (Å²) in [6.07, 6.45) is -0.616. The number of aryl methyl sites for hydroxylation is 3. The van der Waals surface area contributed by atoms with Crippen LogP contribution in [-0.2, 0) is 19.6 Å². The molecule has 0 saturated carbocycles. The lowest BCUT2D eigenvalue weighted by atomic mass is 10.1. The molecule has 4 aromatic rings. The topological polar surface area (TPSA) is 158 Å². The van der Waals surface area contributed by atoms with Crippen LogP contribution in [0.1, 0.15) is 45.4 Å². The van der Waals surface area contributed by atoms with Gasteiger partial charge in [-0.1, -0.05) is 30.3 Å². The predicted molar refractivity (Wildman–Crippen MR) is 145 cm³/mol. The predicted octanol–water partition coefficient (Wildman–Crippen LogP) is 3.49. The molecule has 12 nitrogen and oxygen atoms in total. The van der Waals surface area contributed by atoms with Gasteiger partial charge in [-0.25, -0.2) is 9.78 Å². The number of benzene rings is 2. The fraction of sp³-hybridized carbons (Fsp3) is 0.296. The summed E-state index contributed by atoms with van der Waals surface area (Å²) in [5, 5.41) is 16.9. The molecule has 0 aliphatic rings. The van der Waals surface area contributed by atoms with Crippen molar-refractivity contribution in [2.75, 3.05) is 19.0 Å². The Balaban J connectivity index is 1.66. The molecule has 4 rings (SSSR count). The number of primary amides is 1. The Hall–Kier alpha value is -4.87. The zero-order valence-corrected chi connectivity index (χ0v) is 22.0. The van der Waals surface area contributed by atoms with Gasteiger partial charge in [0.2, 0.25) is 11.9 Å². The summed E-state index contributed by atoms with van der Waals surface area (Å²) in [6.45, 7) is 4.99. The number of imidazole rings is 1. The number of hydrogen-bond acceptors (Lipinski definition) is 6. The second kappa shape index (κ2) is 11.7. The molecular weight excluding hydrogens is 502 g/mol. The molecule has 0 spiro atoms. The van der Waals surface area contributed by atoms with Gasteiger partial charge >= 0.3 is 6.09 Å². The highest BCUT2D eigenvalue weighted by Crippen LogP contribution is 2.31. The van der Waals surface area contributed by atoms with E-state index < -0.39 is 17.9 Å². The minimum absolute atomic E-state index is 0.210. The maximum atomic E-state index is 13.2. The third-order valence-electron chi connectivity index (χ3n) is 6.27. The molecular formula is C27H31N7O5. The largest absolute Gasteiger partial charge is 0.494 e. The monoisotopic (exact) mass is 533 g/mol. The summed E-state index contributed by atoms with van der Waals surface area (Å²) in [5.74, 6) is -0.473. The average molecular weight is 534 g/mol. The number of ether oxygens (including phenoxy) is 1. The molecule has 0 aliphatic carbocycles. The molecule has 2 heterocycles. The Kier molecular flexibility index (Phi) is 8.13. The summed E-state index contributed by atoms with van der Waals surface area (Å²) in [6, 6.07) is 14.1. The summed E-state index contributed by atoms with van der Waals surface area (Å²) in [5.41, 5.74) is 8.61. The summed E-state index contributed by atoms with van der Waals surface area (Å²) >= 11 is 0. The maximum Gasteiger partial charge on any atom is 0.407 e. The number of anilines is 1. The molecule has 0 fully saturated rings. The smallest absolute Gasteiger partial charge is 0.407 e. The summed E-state index contributed by atoms with van der Waals surface area (Å²) in [7, 11) is 1.46. The quantitative estimate of drug-likeness (QED) is 0.266. The highest BCUT2D eigenvalue weighted by atomic mass is 16.5. The fourth-order valence-corrected chi connectivity index (χ4v) is 4.44. The van der Waals surface area contributed by atoms with Crippen LogP contribution in [0, 0.1) is 6.92 Å². The van der Waals surface area contributed by atoms with Gasteiger partial charge in [0.25, 0.3) is 5.91 Å². The van der Waals surface area contributed by atoms with Gasteiger partial charge in [0, 0.05) is 31.7 Å². The van der Waals surface area contributed by atoms with Gasteiger partial charge in [0.15, 0.2) is 0 Å². The molecule has 0 unspecified atom stereocenters. The van der Waals surface area contributed by atoms with E-state index in [1.807, 2.05) is 37.3 Å². The van der Waals surface area contributed by atoms with Crippen molar-refractivity contribution in [1.29, 1.82) is 0 Å². The van der Waals surface area contributed by atoms with E-state index in [9.17, 15) is 19.5 Å². The van der Waals surface area contributed by atoms with Gasteiger partial charge in [-0.15, -0.1) is 0 Å². The molecule has 0 aliphatic heterocycles. The van der Waals surface area contributed by atoms with Crippen molar-refractivity contribution in [1.82, 2.24) is 24.2 Å². The first-order chi connectivity index (χ1) is 18.7. The Morgan fingerprint density at radius 1 is 1.15 bits per heavy atom. The number of methoxy groups -OCH3 is 1. The van der Waals surface area contributed by atoms with E-state index >= 15 is 0 Å². The lowest BCUT2D eigenvalue weighted by Crippen LogP contribution is -2.30. The van der Waals surface area contributed by atoms with E-state index in [-0.39, 0.29) is 24.6 Å². The fourth-order valence-electron chi connectivity index (χ4n) is 4.44. The maximum absolute atomic E-state index is 13.2. The molecule has 3 amide bonds. The van der Waals surface area contributed by atoms with Crippen LogP contribution >= 0.6 is 0 Å². The number of aromatic nitrogens is 4. The van der Waals surface area contributed by atoms with Crippen LogP contribution in [0.2, 0.25) is 0 Å². The molecule has 204 valence electrons. The molecule has 4 N–H and O–H groups in total. The van der Waals surface area contributed by atoms with Gasteiger partial charge in [-0.05, 0) is 44.0 Å². The second-order valence-electron chi connectivity index (χ2n) is 8.98. The SMILES string of the molecule is CCn1nc(C)cc1C(=O)Nc1nc2cc(C(N)=O)cc(OC)c2n1CCCN(Cc1ccccc1)C(=O)O. The minimum Gasteiger partial charge on any atom is -0.494 e. The van der Waals surface area contributed by atoms with Crippen LogP contribution in [-0.4, -0.2) is 60.9 Å². The Morgan fingerprint density at radius 3 is 2.54 bits per heavy atom. The number of carboxylic acid groups (broad SMARTS) is 1. The zero-order valence-electron chi connectivity index (χ0n) is 22.0. The van der Waals surface area contributed by atoms with E-state index in [2.05, 4.69) is 15.4 Å². The number of nitrogens with zero attached hydrogens (tertiary/aromatic N) is 5. The van der Waals surface area contributed by atoms with Gasteiger partial charge in [0.1, 0.15) is 17.0 Å². The molecule has 12 heteroatoms. The normalized spacial score (nSPS) is 10.9. The molecule has 2 aromatic carbocycles. The Labute approximate surface area is 225 Å². The number of carbonyl (C=O) groups excluding carboxylic acids is 2. The lowest BCUT2D eigenvalue weighted by molar-refractivity contribution is 0.0995. The number of amides is 3. The zero-order chi connectivity index (χ0) is 28.1. The number of nitrogens with one attached hydrogen (secondary N) is 1. The van der Waals surface area contributed by atoms with Gasteiger partial charge in [-0.3, -0.25) is 19.6 Å². The standard InChI is InChI=1S/C27H31N7O5/c1-4-34-21(13-17(2)31-34)25(36)30-26-29-20-14-19(24(28)35)15-22(39-3)23(20)33(26)12-8-11-32(27(37)38)16-18-9-6-5-7-10-18/h5-7,9-10,13-15H,4,8,11-12,16H2,1-3H3,(H2,28,35)(H,37,38)(H,29,30,36). The van der Waals surface area contributed by atoms with E-state index in [0.29, 0.717) is 47.7 Å². The van der Waals surface area contributed by atoms with Crippen molar-refractivity contribution in [2.24, 2.45) is 5.73 Å². The lowest BCUT2D eigenvalue weighted by Gasteiger charge is -2.20. The van der Waals surface area contributed by atoms with Crippen LogP contribution in [0.5, 0.6) is 5.75 Å². The van der Waals surface area contributed by atoms with Crippen LogP contribution in [0.15, 0.2) is 48.5 Å². The molecule has 2 aromatic heterocycles. The van der Waals surface area contributed by atoms with Crippen molar-refractivity contribution >= 4 is 34.9 Å². The van der Waals surface area contributed by atoms with Crippen molar-refractivity contribution in [3.05, 3.63) is 71.0 Å². The first-order valence-corrected chi connectivity index (χ1v) is 12.5. The Bertz CT molecular complexity index is 1510. The summed E-state index contributed by atoms with van der Waals surface area (Å²) in [4.78, 5) is 42.9. The first kappa shape index (κ1) is 27.2. The molecule has 39 heavy (non-hydrogen) atoms. The van der Waals surface area contributed by atoms with Gasteiger partial charge in [-0.2, -0.15) is 5.10 Å². The third kappa shape index (κ3) is 6.00. The van der Waals surface area contributed by atoms with Crippen LogP contribution < -0.4 is 15.8 Å². The highest BCUT2D eigenvalue weighted by molar-refractivity contribution is 6.04. The number of hydrogen-bond donors (Lipinski definition) is 3. The van der Waals surface area contributed by atoms with Crippen LogP contribution in [0.25, 0.3) is 11.0 Å². The molecule has 0 radical (unpaired) electrons. The minimum atomic E-state index is -1.03. The van der Waals surface area contributed by atoms with Gasteiger partial charge in [0.05, 0.1) is 18.3 Å². The van der Waals surface area contributed by atoms with Crippen LogP contribution in [0.3, 0.4) is 0 Å². The number of carbonyl (C=O) groups is 3. The van der Waals surface area contributed by atoms with E-state index in [1.165, 1.54) is 24.1 Å². The molecule has 0 saturated heterocycles. The Morgan fingerprint density at radius 2 is 1.90 bits per heavy atom. The second-order valence-corrected chi connectivity index (χ2v) is 8.98. The summed E-state index contributed by atoms with van der Waals surface area (Å²) < 4.78 is 8.89. The van der Waals surface area contributed by atoms with Crippen LogP contribution in [0.4, 0.5) is 10.7 Å². The highest BCUT2D eigenvalue weighted by Gasteiger charge is 2.22. The molecule has 0 bridgehead atoms. The average Bonchev–Trinajstić information content (AvgIpc) is 3.47. The van der Waals surface area contributed by atoms with E-state index in [4.69, 9.17) is 10.5 Å².